The van der Waals surface area contributed by atoms with Crippen LogP contribution in [-0.4, -0.2) is 51.4 Å². The number of hydrogen-bond acceptors (Lipinski definition) is 5. The van der Waals surface area contributed by atoms with Crippen LogP contribution in [0.5, 0.6) is 5.75 Å². The molecule has 0 saturated heterocycles. The molecule has 0 saturated carbocycles. The molecule has 0 radical (unpaired) electrons. The number of anilines is 1. The molecule has 10 heteroatoms. The zero-order valence-corrected chi connectivity index (χ0v) is 24.1. The summed E-state index contributed by atoms with van der Waals surface area (Å²) in [5.41, 5.74) is 1.96. The molecule has 0 heterocycles. The second-order valence-electron chi connectivity index (χ2n) is 9.39. The molecular formula is C30H36FN3O5S. The third kappa shape index (κ3) is 7.59. The fourth-order valence-electron chi connectivity index (χ4n) is 4.19. The lowest BCUT2D eigenvalue weighted by Crippen LogP contribution is -2.52. The van der Waals surface area contributed by atoms with E-state index in [0.717, 1.165) is 34.0 Å². The van der Waals surface area contributed by atoms with Gasteiger partial charge in [0.05, 0.1) is 17.7 Å². The van der Waals surface area contributed by atoms with Gasteiger partial charge >= 0.3 is 0 Å². The molecule has 3 aromatic rings. The molecule has 0 fully saturated rings. The zero-order valence-electron chi connectivity index (χ0n) is 23.3. The third-order valence-corrected chi connectivity index (χ3v) is 8.24. The Kier molecular flexibility index (Phi) is 10.7. The molecule has 0 aliphatic carbocycles. The Morgan fingerprint density at radius 1 is 0.950 bits per heavy atom. The number of hydrogen-bond donors (Lipinski definition) is 1. The number of rotatable bonds is 13. The van der Waals surface area contributed by atoms with Gasteiger partial charge in [-0.3, -0.25) is 13.9 Å². The molecule has 3 aromatic carbocycles. The monoisotopic (exact) mass is 569 g/mol. The first kappa shape index (κ1) is 30.6. The van der Waals surface area contributed by atoms with Crippen molar-refractivity contribution >= 4 is 27.5 Å². The van der Waals surface area contributed by atoms with E-state index >= 15 is 0 Å². The largest absolute Gasteiger partial charge is 0.497 e. The van der Waals surface area contributed by atoms with Crippen LogP contribution in [0.1, 0.15) is 37.8 Å². The maximum atomic E-state index is 14.0. The molecule has 0 aliphatic heterocycles. The van der Waals surface area contributed by atoms with Crippen molar-refractivity contribution in [1.82, 2.24) is 10.2 Å². The number of sulfonamides is 1. The second kappa shape index (κ2) is 13.9. The summed E-state index contributed by atoms with van der Waals surface area (Å²) in [6.07, 6.45) is 1.06. The molecule has 1 N–H and O–H groups in total. The van der Waals surface area contributed by atoms with Crippen molar-refractivity contribution in [3.63, 3.8) is 0 Å². The highest BCUT2D eigenvalue weighted by molar-refractivity contribution is 7.92. The van der Waals surface area contributed by atoms with Crippen LogP contribution in [0, 0.1) is 12.7 Å². The fraction of sp³-hybridized carbons (Fsp3) is 0.333. The maximum absolute atomic E-state index is 14.0. The predicted octanol–water partition coefficient (Wildman–Crippen LogP) is 4.67. The summed E-state index contributed by atoms with van der Waals surface area (Å²) in [7, 11) is -2.79. The van der Waals surface area contributed by atoms with Gasteiger partial charge in [0, 0.05) is 13.1 Å². The van der Waals surface area contributed by atoms with E-state index in [4.69, 9.17) is 4.74 Å². The van der Waals surface area contributed by atoms with E-state index in [1.54, 1.807) is 6.92 Å². The Bertz CT molecular complexity index is 1380. The Morgan fingerprint density at radius 2 is 1.57 bits per heavy atom. The minimum atomic E-state index is -4.26. The highest BCUT2D eigenvalue weighted by Crippen LogP contribution is 2.26. The molecule has 2 amide bonds. The standard InChI is InChI=1S/C30H36FN3O5S/c1-5-19-32-30(36)28(6-2)33(20-23-9-7-22(3)8-10-23)29(35)21-34(25-13-11-24(31)12-14-25)40(37,38)27-17-15-26(39-4)16-18-27/h7-18,28H,5-6,19-21H2,1-4H3,(H,32,36). The van der Waals surface area contributed by atoms with Crippen LogP contribution in [0.25, 0.3) is 0 Å². The number of carbonyl (C=O) groups is 2. The molecule has 214 valence electrons. The number of methoxy groups -OCH3 is 1. The first-order chi connectivity index (χ1) is 19.1. The Balaban J connectivity index is 2.04. The van der Waals surface area contributed by atoms with Crippen LogP contribution >= 0.6 is 0 Å². The van der Waals surface area contributed by atoms with Gasteiger partial charge in [-0.2, -0.15) is 0 Å². The predicted molar refractivity (Wildman–Crippen MR) is 153 cm³/mol. The van der Waals surface area contributed by atoms with Gasteiger partial charge in [-0.25, -0.2) is 12.8 Å². The van der Waals surface area contributed by atoms with E-state index in [-0.39, 0.29) is 23.0 Å². The molecule has 0 spiro atoms. The SMILES string of the molecule is CCCNC(=O)C(CC)N(Cc1ccc(C)cc1)C(=O)CN(c1ccc(F)cc1)S(=O)(=O)c1ccc(OC)cc1. The molecular weight excluding hydrogens is 533 g/mol. The average molecular weight is 570 g/mol. The fourth-order valence-corrected chi connectivity index (χ4v) is 5.60. The quantitative estimate of drug-likeness (QED) is 0.323. The summed E-state index contributed by atoms with van der Waals surface area (Å²) in [6, 6.07) is 17.4. The lowest BCUT2D eigenvalue weighted by atomic mass is 10.1. The number of amides is 2. The highest BCUT2D eigenvalue weighted by atomic mass is 32.2. The molecule has 1 atom stereocenters. The summed E-state index contributed by atoms with van der Waals surface area (Å²) in [4.78, 5) is 28.4. The number of nitrogens with zero attached hydrogens (tertiary/aromatic N) is 2. The Morgan fingerprint density at radius 3 is 2.12 bits per heavy atom. The first-order valence-electron chi connectivity index (χ1n) is 13.2. The minimum Gasteiger partial charge on any atom is -0.497 e. The average Bonchev–Trinajstić information content (AvgIpc) is 2.96. The number of carbonyl (C=O) groups excluding carboxylic acids is 2. The van der Waals surface area contributed by atoms with Crippen LogP contribution < -0.4 is 14.4 Å². The minimum absolute atomic E-state index is 0.0664. The lowest BCUT2D eigenvalue weighted by molar-refractivity contribution is -0.140. The summed E-state index contributed by atoms with van der Waals surface area (Å²) in [6.45, 7) is 5.65. The number of halogens is 1. The van der Waals surface area contributed by atoms with Crippen LogP contribution in [0.4, 0.5) is 10.1 Å². The summed E-state index contributed by atoms with van der Waals surface area (Å²) < 4.78 is 47.5. The van der Waals surface area contributed by atoms with Crippen molar-refractivity contribution in [3.8, 4) is 5.75 Å². The van der Waals surface area contributed by atoms with E-state index in [1.807, 2.05) is 38.1 Å². The summed E-state index contributed by atoms with van der Waals surface area (Å²) in [5, 5.41) is 2.85. The zero-order chi connectivity index (χ0) is 29.3. The number of ether oxygens (including phenoxy) is 1. The van der Waals surface area contributed by atoms with Gasteiger partial charge in [0.15, 0.2) is 0 Å². The normalized spacial score (nSPS) is 11.9. The topological polar surface area (TPSA) is 96.0 Å². The van der Waals surface area contributed by atoms with Crippen LogP contribution in [0.2, 0.25) is 0 Å². The van der Waals surface area contributed by atoms with Gasteiger partial charge in [-0.05, 0) is 73.9 Å². The second-order valence-corrected chi connectivity index (χ2v) is 11.2. The van der Waals surface area contributed by atoms with Crippen molar-refractivity contribution < 1.29 is 27.1 Å². The summed E-state index contributed by atoms with van der Waals surface area (Å²) in [5.74, 6) is -0.954. The van der Waals surface area contributed by atoms with Crippen LogP contribution in [0.3, 0.4) is 0 Å². The molecule has 40 heavy (non-hydrogen) atoms. The molecule has 3 rings (SSSR count). The van der Waals surface area contributed by atoms with Gasteiger partial charge in [0.25, 0.3) is 10.0 Å². The maximum Gasteiger partial charge on any atom is 0.264 e. The van der Waals surface area contributed by atoms with Crippen molar-refractivity contribution in [1.29, 1.82) is 0 Å². The molecule has 1 unspecified atom stereocenters. The van der Waals surface area contributed by atoms with Gasteiger partial charge in [-0.15, -0.1) is 0 Å². The first-order valence-corrected chi connectivity index (χ1v) is 14.6. The smallest absolute Gasteiger partial charge is 0.264 e. The van der Waals surface area contributed by atoms with Crippen molar-refractivity contribution in [2.75, 3.05) is 24.5 Å². The van der Waals surface area contributed by atoms with E-state index in [1.165, 1.54) is 48.4 Å². The molecule has 0 aromatic heterocycles. The van der Waals surface area contributed by atoms with Crippen LogP contribution in [0.15, 0.2) is 77.7 Å². The molecule has 0 bridgehead atoms. The number of nitrogens with one attached hydrogen (secondary N) is 1. The van der Waals surface area contributed by atoms with Crippen LogP contribution in [-0.2, 0) is 26.2 Å². The molecule has 0 aliphatic rings. The van der Waals surface area contributed by atoms with E-state index in [0.29, 0.717) is 18.7 Å². The van der Waals surface area contributed by atoms with Crippen molar-refractivity contribution in [2.24, 2.45) is 0 Å². The van der Waals surface area contributed by atoms with Gasteiger partial charge in [0.2, 0.25) is 11.8 Å². The number of aryl methyl sites for hydroxylation is 1. The van der Waals surface area contributed by atoms with E-state index in [2.05, 4.69) is 5.32 Å². The van der Waals surface area contributed by atoms with Crippen molar-refractivity contribution in [3.05, 3.63) is 89.7 Å². The van der Waals surface area contributed by atoms with Gasteiger partial charge < -0.3 is 15.0 Å². The Hall–Kier alpha value is -3.92. The molecule has 8 nitrogen and oxygen atoms in total. The highest BCUT2D eigenvalue weighted by Gasteiger charge is 2.33. The Labute approximate surface area is 235 Å². The van der Waals surface area contributed by atoms with E-state index < -0.39 is 34.3 Å². The van der Waals surface area contributed by atoms with Gasteiger partial charge in [0.1, 0.15) is 24.2 Å². The van der Waals surface area contributed by atoms with Gasteiger partial charge in [-0.1, -0.05) is 43.7 Å². The third-order valence-electron chi connectivity index (χ3n) is 6.45. The van der Waals surface area contributed by atoms with E-state index in [9.17, 15) is 22.4 Å². The lowest BCUT2D eigenvalue weighted by Gasteiger charge is -2.33. The summed E-state index contributed by atoms with van der Waals surface area (Å²) >= 11 is 0. The van der Waals surface area contributed by atoms with Crippen molar-refractivity contribution in [2.45, 2.75) is 51.1 Å². The number of benzene rings is 3.